The Morgan fingerprint density at radius 1 is 1.33 bits per heavy atom. The Morgan fingerprint density at radius 3 is 2.56 bits per heavy atom. The quantitative estimate of drug-likeness (QED) is 0.687. The van der Waals surface area contributed by atoms with Gasteiger partial charge in [0.15, 0.2) is 11.5 Å². The Balaban J connectivity index is 2.04. The number of carbonyl (C=O) groups excluding carboxylic acids is 2. The number of rotatable bonds is 3. The Kier molecular flexibility index (Phi) is 3.71. The fraction of sp³-hybridized carbons (Fsp3) is 0.636. The van der Waals surface area contributed by atoms with Crippen LogP contribution in [0.5, 0.6) is 0 Å². The number of carbonyl (C=O) groups is 2. The lowest BCUT2D eigenvalue weighted by molar-refractivity contribution is -0.136. The predicted octanol–water partition coefficient (Wildman–Crippen LogP) is -0.352. The molecular formula is C11H16N4O3. The summed E-state index contributed by atoms with van der Waals surface area (Å²) in [4.78, 5) is 25.0. The van der Waals surface area contributed by atoms with E-state index in [1.807, 2.05) is 0 Å². The van der Waals surface area contributed by atoms with Crippen LogP contribution >= 0.6 is 0 Å². The van der Waals surface area contributed by atoms with Crippen molar-refractivity contribution in [2.75, 3.05) is 26.3 Å². The van der Waals surface area contributed by atoms with Gasteiger partial charge in [-0.1, -0.05) is 5.21 Å². The first-order valence-electron chi connectivity index (χ1n) is 5.86. The van der Waals surface area contributed by atoms with Gasteiger partial charge in [-0.15, -0.1) is 5.10 Å². The molecule has 18 heavy (non-hydrogen) atoms. The summed E-state index contributed by atoms with van der Waals surface area (Å²) < 4.78 is 6.65. The van der Waals surface area contributed by atoms with Gasteiger partial charge >= 0.3 is 0 Å². The van der Waals surface area contributed by atoms with Crippen molar-refractivity contribution in [1.82, 2.24) is 19.9 Å². The lowest BCUT2D eigenvalue weighted by atomic mass is 10.2. The minimum atomic E-state index is -0.141. The number of morpholine rings is 1. The van der Waals surface area contributed by atoms with Gasteiger partial charge in [0.05, 0.1) is 18.9 Å². The van der Waals surface area contributed by atoms with E-state index in [-0.39, 0.29) is 18.2 Å². The van der Waals surface area contributed by atoms with E-state index in [9.17, 15) is 9.59 Å². The van der Waals surface area contributed by atoms with Crippen molar-refractivity contribution in [3.8, 4) is 0 Å². The van der Waals surface area contributed by atoms with Crippen LogP contribution in [0.3, 0.4) is 0 Å². The molecule has 1 aliphatic rings. The first-order chi connectivity index (χ1) is 8.59. The number of ketones is 1. The maximum atomic E-state index is 12.0. The number of hydrogen-bond acceptors (Lipinski definition) is 5. The molecule has 1 aromatic heterocycles. The maximum absolute atomic E-state index is 12.0. The van der Waals surface area contributed by atoms with E-state index in [2.05, 4.69) is 10.3 Å². The number of ether oxygens (including phenoxy) is 1. The molecule has 98 valence electrons. The Labute approximate surface area is 105 Å². The standard InChI is InChI=1S/C11H16N4O3/c1-8-11(9(2)16)12-13-15(8)7-10(17)14-3-5-18-6-4-14/h3-7H2,1-2H3. The van der Waals surface area contributed by atoms with Crippen LogP contribution in [0.2, 0.25) is 0 Å². The highest BCUT2D eigenvalue weighted by Crippen LogP contribution is 2.06. The van der Waals surface area contributed by atoms with Gasteiger partial charge in [0, 0.05) is 20.0 Å². The Morgan fingerprint density at radius 2 is 2.00 bits per heavy atom. The molecule has 2 rings (SSSR count). The zero-order valence-corrected chi connectivity index (χ0v) is 10.5. The van der Waals surface area contributed by atoms with Crippen molar-refractivity contribution in [2.45, 2.75) is 20.4 Å². The lowest BCUT2D eigenvalue weighted by Gasteiger charge is -2.26. The van der Waals surface area contributed by atoms with Crippen LogP contribution in [-0.2, 0) is 16.1 Å². The SMILES string of the molecule is CC(=O)c1nnn(CC(=O)N2CCOCC2)c1C. The van der Waals surface area contributed by atoms with Gasteiger partial charge in [-0.3, -0.25) is 9.59 Å². The van der Waals surface area contributed by atoms with Gasteiger partial charge in [0.1, 0.15) is 6.54 Å². The third-order valence-corrected chi connectivity index (χ3v) is 2.96. The topological polar surface area (TPSA) is 77.3 Å². The van der Waals surface area contributed by atoms with E-state index < -0.39 is 0 Å². The molecule has 1 aromatic rings. The molecule has 0 unspecified atom stereocenters. The molecule has 1 amide bonds. The van der Waals surface area contributed by atoms with Crippen LogP contribution < -0.4 is 0 Å². The molecule has 0 N–H and O–H groups in total. The number of aromatic nitrogens is 3. The first-order valence-corrected chi connectivity index (χ1v) is 5.86. The summed E-state index contributed by atoms with van der Waals surface area (Å²) in [6, 6.07) is 0. The second-order valence-corrected chi connectivity index (χ2v) is 4.23. The Hall–Kier alpha value is -1.76. The zero-order valence-electron chi connectivity index (χ0n) is 10.5. The van der Waals surface area contributed by atoms with E-state index >= 15 is 0 Å². The summed E-state index contributed by atoms with van der Waals surface area (Å²) in [6.07, 6.45) is 0. The molecule has 0 aliphatic carbocycles. The first kappa shape index (κ1) is 12.7. The predicted molar refractivity (Wildman–Crippen MR) is 62.2 cm³/mol. The minimum absolute atomic E-state index is 0.0265. The second kappa shape index (κ2) is 5.26. The van der Waals surface area contributed by atoms with Crippen LogP contribution in [0.25, 0.3) is 0 Å². The molecule has 7 nitrogen and oxygen atoms in total. The van der Waals surface area contributed by atoms with Crippen LogP contribution in [0, 0.1) is 6.92 Å². The van der Waals surface area contributed by atoms with E-state index in [4.69, 9.17) is 4.74 Å². The molecule has 0 aromatic carbocycles. The summed E-state index contributed by atoms with van der Waals surface area (Å²) in [5, 5.41) is 7.62. The van der Waals surface area contributed by atoms with Crippen LogP contribution in [-0.4, -0.2) is 57.9 Å². The van der Waals surface area contributed by atoms with E-state index in [1.54, 1.807) is 11.8 Å². The fourth-order valence-electron chi connectivity index (χ4n) is 1.88. The zero-order chi connectivity index (χ0) is 13.1. The molecule has 1 saturated heterocycles. The third kappa shape index (κ3) is 2.56. The minimum Gasteiger partial charge on any atom is -0.378 e. The molecule has 1 fully saturated rings. The second-order valence-electron chi connectivity index (χ2n) is 4.23. The summed E-state index contributed by atoms with van der Waals surface area (Å²) in [6.45, 7) is 5.64. The lowest BCUT2D eigenvalue weighted by Crippen LogP contribution is -2.42. The van der Waals surface area contributed by atoms with Crippen LogP contribution in [0.1, 0.15) is 23.1 Å². The molecule has 0 bridgehead atoms. The highest BCUT2D eigenvalue weighted by Gasteiger charge is 2.20. The van der Waals surface area contributed by atoms with Gasteiger partial charge in [-0.05, 0) is 6.92 Å². The van der Waals surface area contributed by atoms with E-state index in [0.29, 0.717) is 37.7 Å². The number of hydrogen-bond donors (Lipinski definition) is 0. The molecule has 0 atom stereocenters. The fourth-order valence-corrected chi connectivity index (χ4v) is 1.88. The van der Waals surface area contributed by atoms with Crippen LogP contribution in [0.15, 0.2) is 0 Å². The summed E-state index contributed by atoms with van der Waals surface area (Å²) in [5.74, 6) is -0.168. The van der Waals surface area contributed by atoms with Crippen molar-refractivity contribution in [3.05, 3.63) is 11.4 Å². The summed E-state index contributed by atoms with van der Waals surface area (Å²) in [5.41, 5.74) is 0.953. The molecule has 1 aliphatic heterocycles. The van der Waals surface area contributed by atoms with Gasteiger partial charge in [0.25, 0.3) is 0 Å². The Bertz CT molecular complexity index is 463. The van der Waals surface area contributed by atoms with Gasteiger partial charge in [-0.25, -0.2) is 4.68 Å². The molecule has 7 heteroatoms. The number of nitrogens with zero attached hydrogens (tertiary/aromatic N) is 4. The number of amides is 1. The van der Waals surface area contributed by atoms with Crippen LogP contribution in [0.4, 0.5) is 0 Å². The summed E-state index contributed by atoms with van der Waals surface area (Å²) in [7, 11) is 0. The normalized spacial score (nSPS) is 15.8. The molecule has 0 spiro atoms. The molecule has 0 radical (unpaired) electrons. The monoisotopic (exact) mass is 252 g/mol. The molecule has 2 heterocycles. The largest absolute Gasteiger partial charge is 0.378 e. The van der Waals surface area contributed by atoms with Gasteiger partial charge in [0.2, 0.25) is 5.91 Å². The molecule has 0 saturated carbocycles. The highest BCUT2D eigenvalue weighted by molar-refractivity contribution is 5.93. The van der Waals surface area contributed by atoms with Crippen molar-refractivity contribution in [3.63, 3.8) is 0 Å². The van der Waals surface area contributed by atoms with Gasteiger partial charge in [-0.2, -0.15) is 0 Å². The highest BCUT2D eigenvalue weighted by atomic mass is 16.5. The molecular weight excluding hydrogens is 236 g/mol. The van der Waals surface area contributed by atoms with E-state index in [0.717, 1.165) is 0 Å². The van der Waals surface area contributed by atoms with E-state index in [1.165, 1.54) is 11.6 Å². The average molecular weight is 252 g/mol. The number of Topliss-reactive ketones (excluding diaryl/α,β-unsaturated/α-hetero) is 1. The summed E-state index contributed by atoms with van der Waals surface area (Å²) >= 11 is 0. The van der Waals surface area contributed by atoms with Crippen molar-refractivity contribution < 1.29 is 14.3 Å². The van der Waals surface area contributed by atoms with Crippen molar-refractivity contribution in [1.29, 1.82) is 0 Å². The maximum Gasteiger partial charge on any atom is 0.244 e. The van der Waals surface area contributed by atoms with Crippen molar-refractivity contribution >= 4 is 11.7 Å². The third-order valence-electron chi connectivity index (χ3n) is 2.96. The average Bonchev–Trinajstić information content (AvgIpc) is 2.72. The van der Waals surface area contributed by atoms with Crippen molar-refractivity contribution in [2.24, 2.45) is 0 Å². The van der Waals surface area contributed by atoms with Gasteiger partial charge < -0.3 is 9.64 Å². The smallest absolute Gasteiger partial charge is 0.244 e.